The van der Waals surface area contributed by atoms with Crippen molar-refractivity contribution in [2.75, 3.05) is 6.54 Å². The van der Waals surface area contributed by atoms with Crippen LogP contribution in [-0.4, -0.2) is 33.0 Å². The van der Waals surface area contributed by atoms with Crippen LogP contribution in [0, 0.1) is 5.92 Å². The molecule has 130 valence electrons. The van der Waals surface area contributed by atoms with Crippen LogP contribution in [0.25, 0.3) is 0 Å². The van der Waals surface area contributed by atoms with Crippen LogP contribution in [0.4, 0.5) is 0 Å². The lowest BCUT2D eigenvalue weighted by molar-refractivity contribution is -0.127. The monoisotopic (exact) mass is 342 g/mol. The average molecular weight is 342 g/mol. The maximum atomic E-state index is 12.1. The second kappa shape index (κ2) is 8.31. The maximum absolute atomic E-state index is 12.1. The Bertz CT molecular complexity index is 609. The van der Waals surface area contributed by atoms with Crippen molar-refractivity contribution in [3.8, 4) is 5.75 Å². The van der Waals surface area contributed by atoms with Crippen LogP contribution in [0.3, 0.4) is 0 Å². The van der Waals surface area contributed by atoms with E-state index in [-0.39, 0.29) is 22.8 Å². The number of benzene rings is 1. The van der Waals surface area contributed by atoms with E-state index in [2.05, 4.69) is 10.0 Å². The molecule has 23 heavy (non-hydrogen) atoms. The summed E-state index contributed by atoms with van der Waals surface area (Å²) in [5.41, 5.74) is 0. The van der Waals surface area contributed by atoms with Gasteiger partial charge in [-0.05, 0) is 51.0 Å². The fourth-order valence-corrected chi connectivity index (χ4v) is 2.93. The Balaban J connectivity index is 2.71. The quantitative estimate of drug-likeness (QED) is 0.756. The van der Waals surface area contributed by atoms with Gasteiger partial charge in [0.1, 0.15) is 5.75 Å². The SMILES string of the molecule is CC(C)CNS(=O)(=O)c1ccc(O[C@@H](C)C(=O)NC(C)C)cc1. The third-order valence-corrected chi connectivity index (χ3v) is 4.37. The first-order chi connectivity index (χ1) is 10.6. The maximum Gasteiger partial charge on any atom is 0.260 e. The second-order valence-corrected chi connectivity index (χ2v) is 7.91. The zero-order valence-electron chi connectivity index (χ0n) is 14.3. The predicted molar refractivity (Wildman–Crippen MR) is 89.8 cm³/mol. The van der Waals surface area contributed by atoms with Gasteiger partial charge in [0.2, 0.25) is 10.0 Å². The predicted octanol–water partition coefficient (Wildman–Crippen LogP) is 1.91. The molecule has 6 nitrogen and oxygen atoms in total. The van der Waals surface area contributed by atoms with Gasteiger partial charge in [-0.2, -0.15) is 0 Å². The number of carbonyl (C=O) groups is 1. The lowest BCUT2D eigenvalue weighted by atomic mass is 10.2. The molecule has 0 aliphatic heterocycles. The molecule has 0 heterocycles. The van der Waals surface area contributed by atoms with Gasteiger partial charge < -0.3 is 10.1 Å². The Morgan fingerprint density at radius 2 is 1.65 bits per heavy atom. The van der Waals surface area contributed by atoms with Gasteiger partial charge in [0.25, 0.3) is 5.91 Å². The topological polar surface area (TPSA) is 84.5 Å². The number of sulfonamides is 1. The van der Waals surface area contributed by atoms with E-state index < -0.39 is 16.1 Å². The third-order valence-electron chi connectivity index (χ3n) is 2.93. The Labute approximate surface area is 138 Å². The van der Waals surface area contributed by atoms with E-state index in [9.17, 15) is 13.2 Å². The largest absolute Gasteiger partial charge is 0.481 e. The molecule has 1 amide bonds. The molecule has 0 unspecified atom stereocenters. The molecule has 0 aromatic heterocycles. The molecular formula is C16H26N2O4S. The van der Waals surface area contributed by atoms with Crippen molar-refractivity contribution in [2.24, 2.45) is 5.92 Å². The van der Waals surface area contributed by atoms with Gasteiger partial charge in [0, 0.05) is 12.6 Å². The van der Waals surface area contributed by atoms with Crippen LogP contribution in [0.1, 0.15) is 34.6 Å². The fraction of sp³-hybridized carbons (Fsp3) is 0.562. The van der Waals surface area contributed by atoms with Crippen LogP contribution in [0.15, 0.2) is 29.2 Å². The molecular weight excluding hydrogens is 316 g/mol. The minimum atomic E-state index is -3.52. The van der Waals surface area contributed by atoms with E-state index in [4.69, 9.17) is 4.74 Å². The zero-order valence-corrected chi connectivity index (χ0v) is 15.1. The number of hydrogen-bond acceptors (Lipinski definition) is 4. The van der Waals surface area contributed by atoms with E-state index >= 15 is 0 Å². The van der Waals surface area contributed by atoms with Gasteiger partial charge in [-0.25, -0.2) is 13.1 Å². The highest BCUT2D eigenvalue weighted by Gasteiger charge is 2.17. The molecule has 7 heteroatoms. The van der Waals surface area contributed by atoms with Crippen molar-refractivity contribution in [3.63, 3.8) is 0 Å². The molecule has 1 aromatic rings. The molecule has 0 bridgehead atoms. The number of hydrogen-bond donors (Lipinski definition) is 2. The minimum Gasteiger partial charge on any atom is -0.481 e. The van der Waals surface area contributed by atoms with Gasteiger partial charge in [-0.3, -0.25) is 4.79 Å². The molecule has 0 spiro atoms. The first kappa shape index (κ1) is 19.4. The highest BCUT2D eigenvalue weighted by Crippen LogP contribution is 2.17. The number of carbonyl (C=O) groups excluding carboxylic acids is 1. The van der Waals surface area contributed by atoms with Crippen molar-refractivity contribution in [3.05, 3.63) is 24.3 Å². The summed E-state index contributed by atoms with van der Waals surface area (Å²) < 4.78 is 32.2. The lowest BCUT2D eigenvalue weighted by Crippen LogP contribution is -2.40. The van der Waals surface area contributed by atoms with E-state index in [1.807, 2.05) is 27.7 Å². The summed E-state index contributed by atoms with van der Waals surface area (Å²) in [6, 6.07) is 6.05. The highest BCUT2D eigenvalue weighted by atomic mass is 32.2. The molecule has 2 N–H and O–H groups in total. The van der Waals surface area contributed by atoms with Crippen molar-refractivity contribution in [1.29, 1.82) is 0 Å². The summed E-state index contributed by atoms with van der Waals surface area (Å²) >= 11 is 0. The third kappa shape index (κ3) is 6.58. The summed E-state index contributed by atoms with van der Waals surface area (Å²) in [6.45, 7) is 9.63. The summed E-state index contributed by atoms with van der Waals surface area (Å²) in [4.78, 5) is 12.0. The van der Waals surface area contributed by atoms with Gasteiger partial charge >= 0.3 is 0 Å². The second-order valence-electron chi connectivity index (χ2n) is 6.14. The van der Waals surface area contributed by atoms with Crippen LogP contribution in [0.2, 0.25) is 0 Å². The Kier molecular flexibility index (Phi) is 7.02. The first-order valence-corrected chi connectivity index (χ1v) is 9.17. The van der Waals surface area contributed by atoms with Crippen LogP contribution in [-0.2, 0) is 14.8 Å². The molecule has 0 aliphatic carbocycles. The van der Waals surface area contributed by atoms with Crippen LogP contribution < -0.4 is 14.8 Å². The summed E-state index contributed by atoms with van der Waals surface area (Å²) in [5.74, 6) is 0.460. The molecule has 1 rings (SSSR count). The number of rotatable bonds is 8. The van der Waals surface area contributed by atoms with E-state index in [1.165, 1.54) is 12.1 Å². The smallest absolute Gasteiger partial charge is 0.260 e. The number of ether oxygens (including phenoxy) is 1. The number of nitrogens with one attached hydrogen (secondary N) is 2. The highest BCUT2D eigenvalue weighted by molar-refractivity contribution is 7.89. The molecule has 1 aromatic carbocycles. The first-order valence-electron chi connectivity index (χ1n) is 7.68. The summed E-state index contributed by atoms with van der Waals surface area (Å²) in [5, 5.41) is 2.76. The normalized spacial score (nSPS) is 13.2. The van der Waals surface area contributed by atoms with Crippen LogP contribution in [0.5, 0.6) is 5.75 Å². The van der Waals surface area contributed by atoms with Gasteiger partial charge in [-0.15, -0.1) is 0 Å². The van der Waals surface area contributed by atoms with Gasteiger partial charge in [0.05, 0.1) is 4.90 Å². The Morgan fingerprint density at radius 3 is 2.13 bits per heavy atom. The molecule has 0 radical (unpaired) electrons. The summed E-state index contributed by atoms with van der Waals surface area (Å²) in [6.07, 6.45) is -0.654. The molecule has 0 saturated carbocycles. The molecule has 0 saturated heterocycles. The molecule has 0 fully saturated rings. The van der Waals surface area contributed by atoms with Crippen molar-refractivity contribution < 1.29 is 17.9 Å². The molecule has 1 atom stereocenters. The fourth-order valence-electron chi connectivity index (χ4n) is 1.72. The van der Waals surface area contributed by atoms with E-state index in [1.54, 1.807) is 19.1 Å². The molecule has 0 aliphatic rings. The number of amides is 1. The average Bonchev–Trinajstić information content (AvgIpc) is 2.45. The zero-order chi connectivity index (χ0) is 17.6. The van der Waals surface area contributed by atoms with E-state index in [0.717, 1.165) is 0 Å². The summed E-state index contributed by atoms with van der Waals surface area (Å²) in [7, 11) is -3.52. The van der Waals surface area contributed by atoms with Crippen molar-refractivity contribution >= 4 is 15.9 Å². The van der Waals surface area contributed by atoms with Crippen molar-refractivity contribution in [2.45, 2.75) is 51.7 Å². The Morgan fingerprint density at radius 1 is 1.09 bits per heavy atom. The van der Waals surface area contributed by atoms with Crippen molar-refractivity contribution in [1.82, 2.24) is 10.0 Å². The van der Waals surface area contributed by atoms with Gasteiger partial charge in [0.15, 0.2) is 6.10 Å². The lowest BCUT2D eigenvalue weighted by Gasteiger charge is -2.16. The standard InChI is InChI=1S/C16H26N2O4S/c1-11(2)10-17-23(20,21)15-8-6-14(7-9-15)22-13(5)16(19)18-12(3)4/h6-9,11-13,17H,10H2,1-5H3,(H,18,19)/t13-/m0/s1. The van der Waals surface area contributed by atoms with E-state index in [0.29, 0.717) is 12.3 Å². The minimum absolute atomic E-state index is 0.0353. The Hall–Kier alpha value is -1.60. The van der Waals surface area contributed by atoms with Crippen LogP contribution >= 0.6 is 0 Å². The van der Waals surface area contributed by atoms with Gasteiger partial charge in [-0.1, -0.05) is 13.8 Å².